The molecule has 0 bridgehead atoms. The van der Waals surface area contributed by atoms with Crippen LogP contribution < -0.4 is 0 Å². The summed E-state index contributed by atoms with van der Waals surface area (Å²) in [5.41, 5.74) is 0. The van der Waals surface area contributed by atoms with Gasteiger partial charge in [0.1, 0.15) is 6.61 Å². The summed E-state index contributed by atoms with van der Waals surface area (Å²) >= 11 is 0. The second kappa shape index (κ2) is 47.3. The first-order valence-electron chi connectivity index (χ1n) is 25.1. The lowest BCUT2D eigenvalue weighted by atomic mass is 10.0. The quantitative estimate of drug-likeness (QED) is 0.0492. The van der Waals surface area contributed by atoms with E-state index in [1.54, 1.807) is 0 Å². The normalized spacial score (nSPS) is 12.0. The number of carbonyl (C=O) groups excluding carboxylic acids is 2. The van der Waals surface area contributed by atoms with Crippen molar-refractivity contribution in [3.63, 3.8) is 0 Å². The molecular weight excluding hydrogens is 681 g/mol. The zero-order valence-electron chi connectivity index (χ0n) is 37.5. The van der Waals surface area contributed by atoms with Crippen molar-refractivity contribution in [2.75, 3.05) is 13.2 Å². The molecule has 0 aliphatic carbocycles. The Balaban J connectivity index is 3.42. The highest BCUT2D eigenvalue weighted by Crippen LogP contribution is 2.17. The van der Waals surface area contributed by atoms with Crippen LogP contribution in [-0.4, -0.2) is 36.4 Å². The molecule has 0 aromatic rings. The third-order valence-corrected chi connectivity index (χ3v) is 11.7. The Labute approximate surface area is 344 Å². The maximum atomic E-state index is 12.3. The van der Waals surface area contributed by atoms with Gasteiger partial charge in [-0.2, -0.15) is 0 Å². The third kappa shape index (κ3) is 45.5. The van der Waals surface area contributed by atoms with E-state index in [-0.39, 0.29) is 25.2 Å². The molecule has 0 aromatic carbocycles. The molecule has 0 fully saturated rings. The Morgan fingerprint density at radius 3 is 0.800 bits per heavy atom. The van der Waals surface area contributed by atoms with Crippen molar-refractivity contribution in [3.8, 4) is 0 Å². The number of aliphatic hydroxyl groups is 1. The standard InChI is InChI=1S/C50H98O5/c1-3-5-7-9-11-13-15-17-19-21-23-24-25-27-29-31-33-35-37-39-41-43-45-50(53)55-48(46-51)47-54-49(52)44-42-40-38-36-34-32-30-28-26-22-20-18-16-14-12-10-8-6-4-2/h48,51H,3-47H2,1-2H3. The van der Waals surface area contributed by atoms with Gasteiger partial charge in [-0.15, -0.1) is 0 Å². The van der Waals surface area contributed by atoms with E-state index in [0.717, 1.165) is 32.1 Å². The predicted molar refractivity (Wildman–Crippen MR) is 238 cm³/mol. The minimum absolute atomic E-state index is 0.0560. The fourth-order valence-corrected chi connectivity index (χ4v) is 7.85. The molecule has 328 valence electrons. The number of aliphatic hydroxyl groups excluding tert-OH is 1. The first kappa shape index (κ1) is 53.9. The lowest BCUT2D eigenvalue weighted by molar-refractivity contribution is -0.161. The van der Waals surface area contributed by atoms with Gasteiger partial charge in [-0.05, 0) is 12.8 Å². The number of hydrogen-bond donors (Lipinski definition) is 1. The molecule has 0 aliphatic heterocycles. The summed E-state index contributed by atoms with van der Waals surface area (Å²) in [7, 11) is 0. The molecule has 0 amide bonds. The Kier molecular flexibility index (Phi) is 46.3. The van der Waals surface area contributed by atoms with Crippen LogP contribution in [0.15, 0.2) is 0 Å². The minimum Gasteiger partial charge on any atom is -0.462 e. The van der Waals surface area contributed by atoms with E-state index in [0.29, 0.717) is 12.8 Å². The topological polar surface area (TPSA) is 72.8 Å². The number of hydrogen-bond acceptors (Lipinski definition) is 5. The number of ether oxygens (including phenoxy) is 2. The van der Waals surface area contributed by atoms with E-state index in [4.69, 9.17) is 9.47 Å². The van der Waals surface area contributed by atoms with Crippen LogP contribution in [0, 0.1) is 0 Å². The second-order valence-corrected chi connectivity index (χ2v) is 17.3. The van der Waals surface area contributed by atoms with E-state index < -0.39 is 6.10 Å². The Morgan fingerprint density at radius 1 is 0.345 bits per heavy atom. The second-order valence-electron chi connectivity index (χ2n) is 17.3. The van der Waals surface area contributed by atoms with Crippen LogP contribution in [0.4, 0.5) is 0 Å². The van der Waals surface area contributed by atoms with Crippen LogP contribution >= 0.6 is 0 Å². The molecule has 1 N–H and O–H groups in total. The Bertz CT molecular complexity index is 754. The summed E-state index contributed by atoms with van der Waals surface area (Å²) in [6.07, 6.45) is 54.8. The van der Waals surface area contributed by atoms with Crippen molar-refractivity contribution < 1.29 is 24.2 Å². The van der Waals surface area contributed by atoms with Gasteiger partial charge in [-0.1, -0.05) is 264 Å². The highest BCUT2D eigenvalue weighted by molar-refractivity contribution is 5.70. The maximum absolute atomic E-state index is 12.3. The first-order chi connectivity index (χ1) is 27.1. The summed E-state index contributed by atoms with van der Waals surface area (Å²) in [6.45, 7) is 4.20. The number of unbranched alkanes of at least 4 members (excludes halogenated alkanes) is 39. The van der Waals surface area contributed by atoms with Gasteiger partial charge in [-0.3, -0.25) is 9.59 Å². The van der Waals surface area contributed by atoms with E-state index in [9.17, 15) is 14.7 Å². The molecule has 55 heavy (non-hydrogen) atoms. The van der Waals surface area contributed by atoms with Crippen molar-refractivity contribution in [1.82, 2.24) is 0 Å². The van der Waals surface area contributed by atoms with Gasteiger partial charge in [0.05, 0.1) is 6.61 Å². The van der Waals surface area contributed by atoms with Crippen molar-refractivity contribution in [2.45, 2.75) is 296 Å². The Morgan fingerprint density at radius 2 is 0.564 bits per heavy atom. The molecule has 0 spiro atoms. The molecule has 1 unspecified atom stereocenters. The highest BCUT2D eigenvalue weighted by atomic mass is 16.6. The molecule has 0 radical (unpaired) electrons. The molecule has 5 nitrogen and oxygen atoms in total. The maximum Gasteiger partial charge on any atom is 0.306 e. The van der Waals surface area contributed by atoms with Crippen molar-refractivity contribution >= 4 is 11.9 Å². The lowest BCUT2D eigenvalue weighted by Crippen LogP contribution is -2.28. The lowest BCUT2D eigenvalue weighted by Gasteiger charge is -2.15. The van der Waals surface area contributed by atoms with Crippen molar-refractivity contribution in [1.29, 1.82) is 0 Å². The van der Waals surface area contributed by atoms with Crippen LogP contribution in [-0.2, 0) is 19.1 Å². The minimum atomic E-state index is -0.763. The molecule has 0 aliphatic rings. The van der Waals surface area contributed by atoms with Crippen LogP contribution in [0.3, 0.4) is 0 Å². The average molecular weight is 779 g/mol. The molecule has 0 saturated carbocycles. The molecular formula is C50H98O5. The largest absolute Gasteiger partial charge is 0.462 e. The van der Waals surface area contributed by atoms with Gasteiger partial charge >= 0.3 is 11.9 Å². The molecule has 0 rings (SSSR count). The van der Waals surface area contributed by atoms with Crippen LogP contribution in [0.5, 0.6) is 0 Å². The van der Waals surface area contributed by atoms with Gasteiger partial charge in [0.15, 0.2) is 6.10 Å². The summed E-state index contributed by atoms with van der Waals surface area (Å²) in [4.78, 5) is 24.4. The van der Waals surface area contributed by atoms with E-state index in [1.807, 2.05) is 0 Å². The molecule has 5 heteroatoms. The fourth-order valence-electron chi connectivity index (χ4n) is 7.85. The van der Waals surface area contributed by atoms with Gasteiger partial charge in [0.2, 0.25) is 0 Å². The zero-order chi connectivity index (χ0) is 40.0. The molecule has 0 aromatic heterocycles. The summed E-state index contributed by atoms with van der Waals surface area (Å²) in [5, 5.41) is 9.62. The SMILES string of the molecule is CCCCCCCCCCCCCCCCCCCCCCCCC(=O)OC(CO)COC(=O)CCCCCCCCCCCCCCCCCCCCC. The molecule has 1 atom stereocenters. The van der Waals surface area contributed by atoms with Crippen LogP contribution in [0.2, 0.25) is 0 Å². The monoisotopic (exact) mass is 779 g/mol. The van der Waals surface area contributed by atoms with Crippen LogP contribution in [0.25, 0.3) is 0 Å². The first-order valence-corrected chi connectivity index (χ1v) is 25.1. The Hall–Kier alpha value is -1.10. The summed E-state index contributed by atoms with van der Waals surface area (Å²) < 4.78 is 10.7. The number of esters is 2. The smallest absolute Gasteiger partial charge is 0.306 e. The zero-order valence-corrected chi connectivity index (χ0v) is 37.5. The summed E-state index contributed by atoms with van der Waals surface area (Å²) in [6, 6.07) is 0. The van der Waals surface area contributed by atoms with Gasteiger partial charge in [0.25, 0.3) is 0 Å². The molecule has 0 saturated heterocycles. The van der Waals surface area contributed by atoms with Gasteiger partial charge in [0, 0.05) is 12.8 Å². The van der Waals surface area contributed by atoms with Gasteiger partial charge < -0.3 is 14.6 Å². The van der Waals surface area contributed by atoms with Crippen LogP contribution in [0.1, 0.15) is 290 Å². The number of rotatable bonds is 47. The highest BCUT2D eigenvalue weighted by Gasteiger charge is 2.16. The summed E-state index contributed by atoms with van der Waals surface area (Å²) in [5.74, 6) is -0.567. The van der Waals surface area contributed by atoms with E-state index >= 15 is 0 Å². The van der Waals surface area contributed by atoms with Crippen molar-refractivity contribution in [3.05, 3.63) is 0 Å². The van der Waals surface area contributed by atoms with E-state index in [1.165, 1.54) is 231 Å². The van der Waals surface area contributed by atoms with E-state index in [2.05, 4.69) is 13.8 Å². The fraction of sp³-hybridized carbons (Fsp3) is 0.960. The number of carbonyl (C=O) groups is 2. The molecule has 0 heterocycles. The van der Waals surface area contributed by atoms with Crippen molar-refractivity contribution in [2.24, 2.45) is 0 Å². The predicted octanol–water partition coefficient (Wildman–Crippen LogP) is 16.2. The van der Waals surface area contributed by atoms with Gasteiger partial charge in [-0.25, -0.2) is 0 Å². The average Bonchev–Trinajstić information content (AvgIpc) is 3.19. The third-order valence-electron chi connectivity index (χ3n) is 11.7.